The summed E-state index contributed by atoms with van der Waals surface area (Å²) in [4.78, 5) is 10.1. The zero-order valence-electron chi connectivity index (χ0n) is 10.0. The fourth-order valence-electron chi connectivity index (χ4n) is 1.70. The van der Waals surface area contributed by atoms with Gasteiger partial charge in [0.05, 0.1) is 0 Å². The summed E-state index contributed by atoms with van der Waals surface area (Å²) >= 11 is 2.19. The number of carbonyl (C=O) groups is 1. The van der Waals surface area contributed by atoms with Gasteiger partial charge in [-0.15, -0.1) is 0 Å². The largest absolute Gasteiger partial charge is 0.463 e. The van der Waals surface area contributed by atoms with Crippen molar-refractivity contribution in [3.63, 3.8) is 0 Å². The molecule has 0 atom stereocenters. The number of halogens is 1. The smallest absolute Gasteiger partial charge is 0.293 e. The average molecular weight is 385 g/mol. The lowest BCUT2D eigenvalue weighted by Crippen LogP contribution is -1.89. The summed E-state index contributed by atoms with van der Waals surface area (Å²) in [6.07, 6.45) is 0. The normalized spacial score (nSPS) is 9.95. The first kappa shape index (κ1) is 14.2. The Balaban J connectivity index is 2.10. The second kappa shape index (κ2) is 7.40. The molecular formula is C14H12INO2S. The molecule has 98 valence electrons. The monoisotopic (exact) mass is 385 g/mol. The van der Waals surface area contributed by atoms with E-state index in [2.05, 4.69) is 38.1 Å². The van der Waals surface area contributed by atoms with Crippen molar-refractivity contribution in [3.8, 4) is 11.1 Å². The van der Waals surface area contributed by atoms with Crippen molar-refractivity contribution in [1.82, 2.24) is 0 Å². The van der Waals surface area contributed by atoms with Crippen LogP contribution in [0.5, 0.6) is 0 Å². The molecule has 1 N–H and O–H groups in total. The Hall–Kier alpha value is -1.21. The van der Waals surface area contributed by atoms with Crippen molar-refractivity contribution in [3.05, 3.63) is 54.1 Å². The fraction of sp³-hybridized carbons (Fsp3) is 0.0714. The second-order valence-corrected chi connectivity index (χ2v) is 5.54. The molecule has 0 saturated carbocycles. The summed E-state index contributed by atoms with van der Waals surface area (Å²) in [6, 6.07) is 16.2. The molecule has 19 heavy (non-hydrogen) atoms. The van der Waals surface area contributed by atoms with Crippen LogP contribution in [0, 0.1) is 0 Å². The van der Waals surface area contributed by atoms with E-state index < -0.39 is 0 Å². The van der Waals surface area contributed by atoms with E-state index in [1.54, 1.807) is 9.12 Å². The lowest BCUT2D eigenvalue weighted by atomic mass is 10.0. The van der Waals surface area contributed by atoms with Crippen molar-refractivity contribution in [2.24, 2.45) is 0 Å². The van der Waals surface area contributed by atoms with Crippen LogP contribution in [-0.4, -0.2) is 6.47 Å². The third kappa shape index (κ3) is 4.14. The van der Waals surface area contributed by atoms with Gasteiger partial charge in [-0.25, -0.2) is 0 Å². The van der Waals surface area contributed by atoms with E-state index in [4.69, 9.17) is 4.74 Å². The molecule has 3 nitrogen and oxygen atoms in total. The molecule has 0 unspecified atom stereocenters. The van der Waals surface area contributed by atoms with Crippen molar-refractivity contribution in [1.29, 1.82) is 0 Å². The molecule has 0 bridgehead atoms. The molecule has 0 radical (unpaired) electrons. The van der Waals surface area contributed by atoms with Crippen LogP contribution in [0.3, 0.4) is 0 Å². The maximum absolute atomic E-state index is 10.1. The standard InChI is InChI=1S/C14H12INO2S/c15-19-16-14-7-5-13(6-8-14)12-3-1-11(2-4-12)9-18-10-17/h1-8,10,16H,9H2. The summed E-state index contributed by atoms with van der Waals surface area (Å²) in [5.74, 6) is 0. The van der Waals surface area contributed by atoms with Gasteiger partial charge < -0.3 is 9.46 Å². The van der Waals surface area contributed by atoms with Gasteiger partial charge in [-0.05, 0) is 28.8 Å². The van der Waals surface area contributed by atoms with E-state index in [1.165, 1.54) is 0 Å². The predicted octanol–water partition coefficient (Wildman–Crippen LogP) is 4.44. The first-order chi connectivity index (χ1) is 9.33. The highest BCUT2D eigenvalue weighted by molar-refractivity contribution is 14.2. The molecule has 0 heterocycles. The Morgan fingerprint density at radius 1 is 1.05 bits per heavy atom. The number of ether oxygens (including phenoxy) is 1. The molecule has 0 saturated heterocycles. The second-order valence-electron chi connectivity index (χ2n) is 3.86. The van der Waals surface area contributed by atoms with Crippen LogP contribution in [0.25, 0.3) is 11.1 Å². The molecule has 0 amide bonds. The van der Waals surface area contributed by atoms with Gasteiger partial charge in [0, 0.05) is 36.0 Å². The fourth-order valence-corrected chi connectivity index (χ4v) is 2.69. The third-order valence-electron chi connectivity index (χ3n) is 2.65. The van der Waals surface area contributed by atoms with E-state index in [0.717, 1.165) is 22.4 Å². The Kier molecular flexibility index (Phi) is 5.53. The minimum atomic E-state index is 0.319. The Bertz CT molecular complexity index is 528. The highest BCUT2D eigenvalue weighted by Crippen LogP contribution is 2.24. The van der Waals surface area contributed by atoms with E-state index in [0.29, 0.717) is 13.1 Å². The van der Waals surface area contributed by atoms with Gasteiger partial charge in [0.1, 0.15) is 6.61 Å². The minimum Gasteiger partial charge on any atom is -0.463 e. The van der Waals surface area contributed by atoms with Crippen molar-refractivity contribution in [2.75, 3.05) is 4.72 Å². The molecule has 2 aromatic carbocycles. The van der Waals surface area contributed by atoms with E-state index in [9.17, 15) is 4.79 Å². The number of rotatable bonds is 6. The van der Waals surface area contributed by atoms with Crippen LogP contribution < -0.4 is 4.72 Å². The zero-order valence-corrected chi connectivity index (χ0v) is 13.0. The lowest BCUT2D eigenvalue weighted by Gasteiger charge is -2.06. The summed E-state index contributed by atoms with van der Waals surface area (Å²) in [5.41, 5.74) is 4.37. The quantitative estimate of drug-likeness (QED) is 0.454. The van der Waals surface area contributed by atoms with E-state index >= 15 is 0 Å². The zero-order chi connectivity index (χ0) is 13.5. The van der Waals surface area contributed by atoms with Crippen LogP contribution in [0.4, 0.5) is 5.69 Å². The van der Waals surface area contributed by atoms with E-state index in [-0.39, 0.29) is 0 Å². The molecule has 0 spiro atoms. The topological polar surface area (TPSA) is 38.3 Å². The number of hydrogen-bond donors (Lipinski definition) is 1. The first-order valence-electron chi connectivity index (χ1n) is 5.61. The highest BCUT2D eigenvalue weighted by Gasteiger charge is 1.99. The number of hydrogen-bond acceptors (Lipinski definition) is 4. The van der Waals surface area contributed by atoms with Gasteiger partial charge in [-0.1, -0.05) is 36.4 Å². The Labute approximate surface area is 128 Å². The maximum Gasteiger partial charge on any atom is 0.293 e. The van der Waals surface area contributed by atoms with Crippen molar-refractivity contribution < 1.29 is 9.53 Å². The first-order valence-corrected chi connectivity index (χ1v) is 8.97. The molecule has 0 aliphatic heterocycles. The Morgan fingerprint density at radius 3 is 2.16 bits per heavy atom. The van der Waals surface area contributed by atoms with Gasteiger partial charge >= 0.3 is 0 Å². The molecule has 0 aliphatic carbocycles. The van der Waals surface area contributed by atoms with Crippen molar-refractivity contribution in [2.45, 2.75) is 6.61 Å². The molecule has 0 fully saturated rings. The van der Waals surface area contributed by atoms with Crippen LogP contribution in [0.1, 0.15) is 5.56 Å². The van der Waals surface area contributed by atoms with Gasteiger partial charge in [-0.2, -0.15) is 0 Å². The summed E-state index contributed by atoms with van der Waals surface area (Å²) in [5, 5.41) is 0. The average Bonchev–Trinajstić information content (AvgIpc) is 2.47. The Morgan fingerprint density at radius 2 is 1.63 bits per heavy atom. The molecule has 5 heteroatoms. The van der Waals surface area contributed by atoms with E-state index in [1.807, 2.05) is 36.4 Å². The van der Waals surface area contributed by atoms with Gasteiger partial charge in [0.25, 0.3) is 6.47 Å². The number of benzene rings is 2. The van der Waals surface area contributed by atoms with Crippen LogP contribution >= 0.6 is 30.3 Å². The van der Waals surface area contributed by atoms with Crippen LogP contribution in [0.15, 0.2) is 48.5 Å². The van der Waals surface area contributed by atoms with Crippen LogP contribution in [-0.2, 0) is 16.1 Å². The summed E-state index contributed by atoms with van der Waals surface area (Å²) in [6.45, 7) is 0.782. The SMILES string of the molecule is O=COCc1ccc(-c2ccc(NSI)cc2)cc1. The third-order valence-corrected chi connectivity index (χ3v) is 3.62. The predicted molar refractivity (Wildman–Crippen MR) is 88.0 cm³/mol. The van der Waals surface area contributed by atoms with Crippen LogP contribution in [0.2, 0.25) is 0 Å². The van der Waals surface area contributed by atoms with Gasteiger partial charge in [0.2, 0.25) is 0 Å². The summed E-state index contributed by atoms with van der Waals surface area (Å²) < 4.78 is 7.89. The summed E-state index contributed by atoms with van der Waals surface area (Å²) in [7, 11) is 1.54. The minimum absolute atomic E-state index is 0.319. The molecular weight excluding hydrogens is 373 g/mol. The number of nitrogens with one attached hydrogen (secondary N) is 1. The highest BCUT2D eigenvalue weighted by atomic mass is 127. The molecule has 2 aromatic rings. The molecule has 0 aliphatic rings. The molecule has 0 aromatic heterocycles. The maximum atomic E-state index is 10.1. The molecule has 2 rings (SSSR count). The van der Waals surface area contributed by atoms with Gasteiger partial charge in [-0.3, -0.25) is 4.79 Å². The number of anilines is 1. The number of carbonyl (C=O) groups excluding carboxylic acids is 1. The van der Waals surface area contributed by atoms with Crippen molar-refractivity contribution >= 4 is 42.5 Å². The lowest BCUT2D eigenvalue weighted by molar-refractivity contribution is -0.129. The van der Waals surface area contributed by atoms with Gasteiger partial charge in [0.15, 0.2) is 0 Å².